The molecule has 1 aromatic heterocycles. The van der Waals surface area contributed by atoms with Crippen LogP contribution in [0.3, 0.4) is 0 Å². The Morgan fingerprint density at radius 2 is 1.78 bits per heavy atom. The normalized spacial score (nSPS) is 14.6. The molecule has 1 aliphatic rings. The van der Waals surface area contributed by atoms with E-state index < -0.39 is 0 Å². The lowest BCUT2D eigenvalue weighted by Gasteiger charge is -2.32. The average molecular weight is 367 g/mol. The number of pyridine rings is 1. The summed E-state index contributed by atoms with van der Waals surface area (Å²) in [6, 6.07) is 11.6. The number of esters is 1. The van der Waals surface area contributed by atoms with E-state index in [1.165, 1.54) is 7.11 Å². The molecule has 3 rings (SSSR count). The summed E-state index contributed by atoms with van der Waals surface area (Å²) >= 11 is 0. The topological polar surface area (TPSA) is 71.5 Å². The van der Waals surface area contributed by atoms with E-state index in [-0.39, 0.29) is 17.8 Å². The Labute approximate surface area is 159 Å². The molecule has 1 aliphatic heterocycles. The summed E-state index contributed by atoms with van der Waals surface area (Å²) < 4.78 is 4.65. The molecule has 6 nitrogen and oxygen atoms in total. The minimum atomic E-state index is -0.217. The van der Waals surface area contributed by atoms with Gasteiger partial charge >= 0.3 is 5.97 Å². The van der Waals surface area contributed by atoms with Gasteiger partial charge in [-0.3, -0.25) is 14.6 Å². The number of amides is 1. The Morgan fingerprint density at radius 3 is 2.41 bits per heavy atom. The number of carbonyl (C=O) groups is 2. The molecule has 142 valence electrons. The molecule has 1 fully saturated rings. The lowest BCUT2D eigenvalue weighted by Crippen LogP contribution is -2.38. The van der Waals surface area contributed by atoms with Gasteiger partial charge in [0.2, 0.25) is 5.91 Å². The molecular weight excluding hydrogens is 342 g/mol. The molecule has 1 aromatic carbocycles. The van der Waals surface area contributed by atoms with Crippen LogP contribution in [0.15, 0.2) is 48.8 Å². The molecule has 1 N–H and O–H groups in total. The van der Waals surface area contributed by atoms with Gasteiger partial charge in [-0.05, 0) is 49.1 Å². The molecular formula is C21H25N3O3. The highest BCUT2D eigenvalue weighted by Crippen LogP contribution is 2.24. The Morgan fingerprint density at radius 1 is 1.11 bits per heavy atom. The summed E-state index contributed by atoms with van der Waals surface area (Å²) in [4.78, 5) is 30.1. The van der Waals surface area contributed by atoms with Crippen molar-refractivity contribution in [1.82, 2.24) is 4.98 Å². The Bertz CT molecular complexity index is 754. The summed E-state index contributed by atoms with van der Waals surface area (Å²) in [7, 11) is 1.39. The first-order valence-electron chi connectivity index (χ1n) is 9.27. The van der Waals surface area contributed by atoms with Gasteiger partial charge in [0.15, 0.2) is 0 Å². The number of aryl methyl sites for hydroxylation is 1. The predicted octanol–water partition coefficient (Wildman–Crippen LogP) is 3.04. The largest absolute Gasteiger partial charge is 0.469 e. The molecule has 0 aliphatic carbocycles. The molecule has 2 heterocycles. The van der Waals surface area contributed by atoms with Crippen LogP contribution < -0.4 is 10.2 Å². The van der Waals surface area contributed by atoms with Crippen molar-refractivity contribution < 1.29 is 14.3 Å². The van der Waals surface area contributed by atoms with Crippen molar-refractivity contribution in [3.05, 3.63) is 54.4 Å². The molecule has 0 atom stereocenters. The summed E-state index contributed by atoms with van der Waals surface area (Å²) in [5, 5.41) is 3.01. The van der Waals surface area contributed by atoms with Crippen molar-refractivity contribution in [3.8, 4) is 0 Å². The second-order valence-electron chi connectivity index (χ2n) is 6.73. The van der Waals surface area contributed by atoms with Gasteiger partial charge in [-0.15, -0.1) is 0 Å². The van der Waals surface area contributed by atoms with Crippen LogP contribution in [0.25, 0.3) is 0 Å². The van der Waals surface area contributed by atoms with E-state index in [9.17, 15) is 9.59 Å². The third-order valence-electron chi connectivity index (χ3n) is 4.96. The molecule has 6 heteroatoms. The number of rotatable bonds is 6. The zero-order valence-corrected chi connectivity index (χ0v) is 15.6. The summed E-state index contributed by atoms with van der Waals surface area (Å²) in [5.41, 5.74) is 2.99. The van der Waals surface area contributed by atoms with Crippen LogP contribution in [0.2, 0.25) is 0 Å². The standard InChI is InChI=1S/C21H25N3O3/c1-27-20(25)7-4-16-2-5-18(6-3-16)23-21(26)17-10-14-24(15-11-17)19-8-12-22-13-9-19/h2-3,5-6,8-9,12-13,17H,4,7,10-11,14-15H2,1H3,(H,23,26). The number of nitrogens with one attached hydrogen (secondary N) is 1. The molecule has 1 amide bonds. The first-order chi connectivity index (χ1) is 13.2. The van der Waals surface area contributed by atoms with Crippen molar-refractivity contribution in [2.75, 3.05) is 30.4 Å². The van der Waals surface area contributed by atoms with Crippen molar-refractivity contribution in [2.24, 2.45) is 5.92 Å². The van der Waals surface area contributed by atoms with Gasteiger partial charge in [-0.25, -0.2) is 0 Å². The van der Waals surface area contributed by atoms with Crippen LogP contribution in [-0.4, -0.2) is 37.1 Å². The van der Waals surface area contributed by atoms with Gasteiger partial charge in [-0.2, -0.15) is 0 Å². The van der Waals surface area contributed by atoms with Crippen LogP contribution in [0, 0.1) is 5.92 Å². The highest BCUT2D eigenvalue weighted by molar-refractivity contribution is 5.92. The molecule has 0 unspecified atom stereocenters. The van der Waals surface area contributed by atoms with Crippen LogP contribution in [0.5, 0.6) is 0 Å². The van der Waals surface area contributed by atoms with Crippen LogP contribution in [0.1, 0.15) is 24.8 Å². The monoisotopic (exact) mass is 367 g/mol. The predicted molar refractivity (Wildman–Crippen MR) is 105 cm³/mol. The number of hydrogen-bond acceptors (Lipinski definition) is 5. The fraction of sp³-hybridized carbons (Fsp3) is 0.381. The van der Waals surface area contributed by atoms with Gasteiger partial charge in [0.1, 0.15) is 0 Å². The number of nitrogens with zero attached hydrogens (tertiary/aromatic N) is 2. The van der Waals surface area contributed by atoms with Crippen molar-refractivity contribution in [2.45, 2.75) is 25.7 Å². The zero-order chi connectivity index (χ0) is 19.1. The number of ether oxygens (including phenoxy) is 1. The molecule has 0 saturated carbocycles. The number of carbonyl (C=O) groups excluding carboxylic acids is 2. The quantitative estimate of drug-likeness (QED) is 0.795. The molecule has 27 heavy (non-hydrogen) atoms. The number of methoxy groups -OCH3 is 1. The maximum atomic E-state index is 12.5. The molecule has 1 saturated heterocycles. The van der Waals surface area contributed by atoms with Gasteiger partial charge in [0.25, 0.3) is 0 Å². The zero-order valence-electron chi connectivity index (χ0n) is 15.6. The van der Waals surface area contributed by atoms with E-state index in [1.807, 2.05) is 36.4 Å². The maximum absolute atomic E-state index is 12.5. The van der Waals surface area contributed by atoms with Gasteiger partial charge < -0.3 is 15.0 Å². The van der Waals surface area contributed by atoms with E-state index >= 15 is 0 Å². The average Bonchev–Trinajstić information content (AvgIpc) is 2.73. The summed E-state index contributed by atoms with van der Waals surface area (Å²) in [6.45, 7) is 1.74. The Kier molecular flexibility index (Phi) is 6.41. The van der Waals surface area contributed by atoms with Gasteiger partial charge in [0.05, 0.1) is 7.11 Å². The summed E-state index contributed by atoms with van der Waals surface area (Å²) in [5.74, 6) is -0.112. The molecule has 0 spiro atoms. The van der Waals surface area contributed by atoms with Crippen molar-refractivity contribution in [3.63, 3.8) is 0 Å². The van der Waals surface area contributed by atoms with Crippen LogP contribution in [0.4, 0.5) is 11.4 Å². The SMILES string of the molecule is COC(=O)CCc1ccc(NC(=O)C2CCN(c3ccncc3)CC2)cc1. The maximum Gasteiger partial charge on any atom is 0.305 e. The molecule has 0 bridgehead atoms. The highest BCUT2D eigenvalue weighted by Gasteiger charge is 2.25. The Hall–Kier alpha value is -2.89. The first kappa shape index (κ1) is 18.9. The van der Waals surface area contributed by atoms with E-state index in [0.29, 0.717) is 12.8 Å². The first-order valence-corrected chi connectivity index (χ1v) is 9.27. The molecule has 0 radical (unpaired) electrons. The Balaban J connectivity index is 1.47. The fourth-order valence-corrected chi connectivity index (χ4v) is 3.30. The smallest absolute Gasteiger partial charge is 0.305 e. The van der Waals surface area contributed by atoms with E-state index in [0.717, 1.165) is 42.9 Å². The van der Waals surface area contributed by atoms with E-state index in [4.69, 9.17) is 0 Å². The van der Waals surface area contributed by atoms with Crippen LogP contribution in [-0.2, 0) is 20.7 Å². The number of anilines is 2. The second-order valence-corrected chi connectivity index (χ2v) is 6.73. The highest BCUT2D eigenvalue weighted by atomic mass is 16.5. The summed E-state index contributed by atoms with van der Waals surface area (Å²) in [6.07, 6.45) is 6.26. The number of benzene rings is 1. The number of piperidine rings is 1. The fourth-order valence-electron chi connectivity index (χ4n) is 3.30. The molecule has 2 aromatic rings. The number of aromatic nitrogens is 1. The lowest BCUT2D eigenvalue weighted by atomic mass is 9.95. The third-order valence-corrected chi connectivity index (χ3v) is 4.96. The minimum Gasteiger partial charge on any atom is -0.469 e. The van der Waals surface area contributed by atoms with E-state index in [1.54, 1.807) is 12.4 Å². The third kappa shape index (κ3) is 5.29. The van der Waals surface area contributed by atoms with Crippen molar-refractivity contribution >= 4 is 23.3 Å². The number of hydrogen-bond donors (Lipinski definition) is 1. The van der Waals surface area contributed by atoms with Crippen LogP contribution >= 0.6 is 0 Å². The van der Waals surface area contributed by atoms with E-state index in [2.05, 4.69) is 19.9 Å². The van der Waals surface area contributed by atoms with Crippen molar-refractivity contribution in [1.29, 1.82) is 0 Å². The second kappa shape index (κ2) is 9.16. The minimum absolute atomic E-state index is 0.0297. The lowest BCUT2D eigenvalue weighted by molar-refractivity contribution is -0.140. The van der Waals surface area contributed by atoms with Gasteiger partial charge in [-0.1, -0.05) is 12.1 Å². The van der Waals surface area contributed by atoms with Gasteiger partial charge in [0, 0.05) is 49.2 Å².